The maximum absolute atomic E-state index is 5.52. The molecule has 4 rings (SSSR count). The van der Waals surface area contributed by atoms with Crippen molar-refractivity contribution in [3.8, 4) is 28.0 Å². The summed E-state index contributed by atoms with van der Waals surface area (Å²) in [6.07, 6.45) is 6.15. The molecule has 0 saturated heterocycles. The highest BCUT2D eigenvalue weighted by Gasteiger charge is 2.15. The van der Waals surface area contributed by atoms with Gasteiger partial charge in [-0.25, -0.2) is 0 Å². The van der Waals surface area contributed by atoms with Crippen molar-refractivity contribution in [2.75, 3.05) is 27.7 Å². The van der Waals surface area contributed by atoms with Crippen molar-refractivity contribution in [1.82, 2.24) is 14.5 Å². The van der Waals surface area contributed by atoms with Crippen LogP contribution in [0.1, 0.15) is 6.92 Å². The van der Waals surface area contributed by atoms with Crippen molar-refractivity contribution in [2.45, 2.75) is 13.5 Å². The zero-order valence-electron chi connectivity index (χ0n) is 18.2. The molecule has 0 saturated carbocycles. The molecule has 0 N–H and O–H groups in total. The normalized spacial score (nSPS) is 12.4. The molecule has 4 heteroatoms. The van der Waals surface area contributed by atoms with E-state index in [4.69, 9.17) is 4.74 Å². The Morgan fingerprint density at radius 3 is 2.47 bits per heavy atom. The van der Waals surface area contributed by atoms with Gasteiger partial charge < -0.3 is 14.2 Å². The second-order valence-corrected chi connectivity index (χ2v) is 8.27. The van der Waals surface area contributed by atoms with E-state index >= 15 is 0 Å². The van der Waals surface area contributed by atoms with Gasteiger partial charge in [-0.3, -0.25) is 4.98 Å². The van der Waals surface area contributed by atoms with Crippen LogP contribution in [0.3, 0.4) is 0 Å². The summed E-state index contributed by atoms with van der Waals surface area (Å²) in [5.41, 5.74) is 5.83. The van der Waals surface area contributed by atoms with Gasteiger partial charge in [-0.2, -0.15) is 0 Å². The summed E-state index contributed by atoms with van der Waals surface area (Å²) < 4.78 is 7.89. The van der Waals surface area contributed by atoms with E-state index in [0.29, 0.717) is 5.92 Å². The number of benzene rings is 2. The van der Waals surface area contributed by atoms with Crippen LogP contribution in [0.25, 0.3) is 33.2 Å². The number of aromatic nitrogens is 2. The lowest BCUT2D eigenvalue weighted by molar-refractivity contribution is 0.318. The fraction of sp³-hybridized carbons (Fsp3) is 0.269. The smallest absolute Gasteiger partial charge is 0.119 e. The van der Waals surface area contributed by atoms with E-state index in [1.165, 1.54) is 22.0 Å². The van der Waals surface area contributed by atoms with Crippen molar-refractivity contribution in [2.24, 2.45) is 5.92 Å². The molecule has 0 aliphatic carbocycles. The molecule has 0 bridgehead atoms. The molecule has 1 unspecified atom stereocenters. The third kappa shape index (κ3) is 4.24. The molecule has 2 aromatic carbocycles. The first-order valence-corrected chi connectivity index (χ1v) is 10.4. The first kappa shape index (κ1) is 20.2. The SMILES string of the molecule is COc1ccc2c(c1)c(-c1cncc(-c3ccccc3)c1)cn2CC(C)CN(C)C. The highest BCUT2D eigenvalue weighted by Crippen LogP contribution is 2.35. The average molecular weight is 400 g/mol. The molecule has 30 heavy (non-hydrogen) atoms. The average Bonchev–Trinajstić information content (AvgIpc) is 3.11. The highest BCUT2D eigenvalue weighted by atomic mass is 16.5. The van der Waals surface area contributed by atoms with E-state index in [0.717, 1.165) is 30.0 Å². The van der Waals surface area contributed by atoms with Crippen LogP contribution in [0.2, 0.25) is 0 Å². The van der Waals surface area contributed by atoms with Crippen LogP contribution in [0.4, 0.5) is 0 Å². The Bertz CT molecular complexity index is 1130. The Kier molecular flexibility index (Phi) is 5.86. The van der Waals surface area contributed by atoms with E-state index in [2.05, 4.69) is 84.1 Å². The van der Waals surface area contributed by atoms with Crippen LogP contribution in [-0.2, 0) is 6.54 Å². The van der Waals surface area contributed by atoms with Crippen molar-refractivity contribution in [3.05, 3.63) is 73.2 Å². The van der Waals surface area contributed by atoms with E-state index in [1.807, 2.05) is 24.5 Å². The summed E-state index contributed by atoms with van der Waals surface area (Å²) in [5.74, 6) is 1.41. The van der Waals surface area contributed by atoms with E-state index < -0.39 is 0 Å². The fourth-order valence-electron chi connectivity index (χ4n) is 4.18. The number of hydrogen-bond donors (Lipinski definition) is 0. The minimum Gasteiger partial charge on any atom is -0.497 e. The van der Waals surface area contributed by atoms with E-state index in [9.17, 15) is 0 Å². The molecule has 0 spiro atoms. The van der Waals surface area contributed by atoms with Gasteiger partial charge in [0, 0.05) is 59.3 Å². The summed E-state index contributed by atoms with van der Waals surface area (Å²) in [7, 11) is 5.97. The van der Waals surface area contributed by atoms with Gasteiger partial charge in [0.1, 0.15) is 5.75 Å². The molecule has 0 amide bonds. The number of rotatable bonds is 7. The van der Waals surface area contributed by atoms with Gasteiger partial charge in [-0.1, -0.05) is 37.3 Å². The zero-order valence-corrected chi connectivity index (χ0v) is 18.2. The molecule has 4 aromatic rings. The first-order chi connectivity index (χ1) is 14.5. The van der Waals surface area contributed by atoms with Crippen molar-refractivity contribution >= 4 is 10.9 Å². The summed E-state index contributed by atoms with van der Waals surface area (Å²) in [6.45, 7) is 4.32. The van der Waals surface area contributed by atoms with Crippen LogP contribution in [0.5, 0.6) is 5.75 Å². The second kappa shape index (κ2) is 8.72. The lowest BCUT2D eigenvalue weighted by atomic mass is 10.0. The molecule has 0 aliphatic heterocycles. The fourth-order valence-corrected chi connectivity index (χ4v) is 4.18. The van der Waals surface area contributed by atoms with Crippen LogP contribution in [-0.4, -0.2) is 42.2 Å². The topological polar surface area (TPSA) is 30.3 Å². The molecule has 154 valence electrons. The van der Waals surface area contributed by atoms with E-state index in [-0.39, 0.29) is 0 Å². The third-order valence-electron chi connectivity index (χ3n) is 5.43. The number of fused-ring (bicyclic) bond motifs is 1. The summed E-state index contributed by atoms with van der Waals surface area (Å²) in [4.78, 5) is 6.79. The molecule has 4 nitrogen and oxygen atoms in total. The lowest BCUT2D eigenvalue weighted by Crippen LogP contribution is -2.22. The number of pyridine rings is 1. The summed E-state index contributed by atoms with van der Waals surface area (Å²) in [5, 5.41) is 1.19. The second-order valence-electron chi connectivity index (χ2n) is 8.27. The monoisotopic (exact) mass is 399 g/mol. The van der Waals surface area contributed by atoms with Gasteiger partial charge in [0.05, 0.1) is 7.11 Å². The number of nitrogens with zero attached hydrogens (tertiary/aromatic N) is 3. The molecule has 0 fully saturated rings. The van der Waals surface area contributed by atoms with Gasteiger partial charge >= 0.3 is 0 Å². The molecule has 0 radical (unpaired) electrons. The van der Waals surface area contributed by atoms with Crippen LogP contribution >= 0.6 is 0 Å². The maximum Gasteiger partial charge on any atom is 0.119 e. The van der Waals surface area contributed by atoms with Gasteiger partial charge in [-0.15, -0.1) is 0 Å². The van der Waals surface area contributed by atoms with Crippen LogP contribution in [0, 0.1) is 5.92 Å². The zero-order chi connectivity index (χ0) is 21.1. The lowest BCUT2D eigenvalue weighted by Gasteiger charge is -2.18. The van der Waals surface area contributed by atoms with Gasteiger partial charge in [0.2, 0.25) is 0 Å². The van der Waals surface area contributed by atoms with E-state index in [1.54, 1.807) is 7.11 Å². The molecular weight excluding hydrogens is 370 g/mol. The van der Waals surface area contributed by atoms with Crippen molar-refractivity contribution in [3.63, 3.8) is 0 Å². The standard InChI is InChI=1S/C26H29N3O/c1-19(16-28(2)3)17-29-18-25(24-13-23(30-4)10-11-26(24)29)22-12-21(14-27-15-22)20-8-6-5-7-9-20/h5-15,18-19H,16-17H2,1-4H3. The Balaban J connectivity index is 1.80. The number of ether oxygens (including phenoxy) is 1. The van der Waals surface area contributed by atoms with Crippen LogP contribution < -0.4 is 4.74 Å². The Labute approximate surface area is 178 Å². The highest BCUT2D eigenvalue weighted by molar-refractivity contribution is 5.97. The number of methoxy groups -OCH3 is 1. The van der Waals surface area contributed by atoms with Gasteiger partial charge in [0.15, 0.2) is 0 Å². The summed E-state index contributed by atoms with van der Waals surface area (Å²) in [6, 6.07) is 19.0. The largest absolute Gasteiger partial charge is 0.497 e. The van der Waals surface area contributed by atoms with Crippen molar-refractivity contribution < 1.29 is 4.74 Å². The Morgan fingerprint density at radius 2 is 1.73 bits per heavy atom. The summed E-state index contributed by atoms with van der Waals surface area (Å²) >= 11 is 0. The maximum atomic E-state index is 5.52. The minimum atomic E-state index is 0.541. The third-order valence-corrected chi connectivity index (χ3v) is 5.43. The molecular formula is C26H29N3O. The number of hydrogen-bond acceptors (Lipinski definition) is 3. The molecule has 2 aromatic heterocycles. The predicted molar refractivity (Wildman–Crippen MR) is 125 cm³/mol. The predicted octanol–water partition coefficient (Wildman–Crippen LogP) is 5.58. The minimum absolute atomic E-state index is 0.541. The first-order valence-electron chi connectivity index (χ1n) is 10.4. The molecule has 2 heterocycles. The Hall–Kier alpha value is -3.11. The van der Waals surface area contributed by atoms with Gasteiger partial charge in [-0.05, 0) is 49.8 Å². The quantitative estimate of drug-likeness (QED) is 0.407. The molecule has 1 atom stereocenters. The van der Waals surface area contributed by atoms with Crippen LogP contribution in [0.15, 0.2) is 73.2 Å². The van der Waals surface area contributed by atoms with Gasteiger partial charge in [0.25, 0.3) is 0 Å². The van der Waals surface area contributed by atoms with Crippen molar-refractivity contribution in [1.29, 1.82) is 0 Å². The molecule has 0 aliphatic rings. The Morgan fingerprint density at radius 1 is 0.967 bits per heavy atom.